The fourth-order valence-electron chi connectivity index (χ4n) is 1.54. The molecule has 0 rings (SSSR count). The van der Waals surface area contributed by atoms with Gasteiger partial charge in [0.25, 0.3) is 0 Å². The van der Waals surface area contributed by atoms with Crippen LogP contribution in [0.2, 0.25) is 0 Å². The molecule has 2 nitrogen and oxygen atoms in total. The Bertz CT molecular complexity index is 115. The average Bonchev–Trinajstić information content (AvgIpc) is 2.16. The number of unbranched alkanes of at least 4 members (excludes halogenated alkanes) is 6. The first-order chi connectivity index (χ1) is 6.68. The highest BCUT2D eigenvalue weighted by molar-refractivity contribution is 4.52. The van der Waals surface area contributed by atoms with E-state index in [1.807, 2.05) is 19.0 Å². The summed E-state index contributed by atoms with van der Waals surface area (Å²) >= 11 is 0. The largest absolute Gasteiger partial charge is 0.378 e. The number of aliphatic hydroxyl groups excluding tert-OH is 1. The van der Waals surface area contributed by atoms with E-state index >= 15 is 0 Å². The minimum Gasteiger partial charge on any atom is -0.378 e. The number of hydrogen-bond acceptors (Lipinski definition) is 2. The Morgan fingerprint density at radius 3 is 1.93 bits per heavy atom. The summed E-state index contributed by atoms with van der Waals surface area (Å²) in [5.74, 6) is 0. The maximum absolute atomic E-state index is 9.49. The molecule has 0 aliphatic carbocycles. The lowest BCUT2D eigenvalue weighted by Gasteiger charge is -2.17. The van der Waals surface area contributed by atoms with Crippen LogP contribution in [-0.2, 0) is 0 Å². The van der Waals surface area contributed by atoms with Gasteiger partial charge in [-0.3, -0.25) is 4.90 Å². The molecule has 86 valence electrons. The maximum atomic E-state index is 9.49. The summed E-state index contributed by atoms with van der Waals surface area (Å²) in [4.78, 5) is 1.87. The van der Waals surface area contributed by atoms with E-state index in [0.29, 0.717) is 0 Å². The molecule has 0 fully saturated rings. The third kappa shape index (κ3) is 8.52. The topological polar surface area (TPSA) is 23.5 Å². The molecule has 14 heavy (non-hydrogen) atoms. The fourth-order valence-corrected chi connectivity index (χ4v) is 1.54. The molecule has 0 aliphatic heterocycles. The number of rotatable bonds is 9. The molecule has 2 heteroatoms. The molecule has 0 radical (unpaired) electrons. The molecule has 0 aromatic heterocycles. The Morgan fingerprint density at radius 1 is 0.929 bits per heavy atom. The monoisotopic (exact) mass is 201 g/mol. The molecule has 1 atom stereocenters. The number of nitrogens with zero attached hydrogens (tertiary/aromatic N) is 1. The molecule has 0 saturated carbocycles. The Morgan fingerprint density at radius 2 is 1.43 bits per heavy atom. The van der Waals surface area contributed by atoms with Crippen molar-refractivity contribution < 1.29 is 5.11 Å². The summed E-state index contributed by atoms with van der Waals surface area (Å²) in [7, 11) is 3.85. The summed E-state index contributed by atoms with van der Waals surface area (Å²) in [5, 5.41) is 9.49. The van der Waals surface area contributed by atoms with Crippen LogP contribution < -0.4 is 0 Å². The summed E-state index contributed by atoms with van der Waals surface area (Å²) < 4.78 is 0. The van der Waals surface area contributed by atoms with Crippen LogP contribution in [0.5, 0.6) is 0 Å². The van der Waals surface area contributed by atoms with Crippen LogP contribution in [-0.4, -0.2) is 30.3 Å². The summed E-state index contributed by atoms with van der Waals surface area (Å²) in [6.45, 7) is 2.24. The van der Waals surface area contributed by atoms with Crippen molar-refractivity contribution in [2.24, 2.45) is 0 Å². The predicted octanol–water partition coefficient (Wildman–Crippen LogP) is 3.01. The third-order valence-corrected chi connectivity index (χ3v) is 2.66. The van der Waals surface area contributed by atoms with Crippen molar-refractivity contribution in [2.45, 2.75) is 64.5 Å². The summed E-state index contributed by atoms with van der Waals surface area (Å²) in [5.41, 5.74) is 0. The average molecular weight is 201 g/mol. The van der Waals surface area contributed by atoms with Crippen molar-refractivity contribution in [1.29, 1.82) is 0 Å². The van der Waals surface area contributed by atoms with Crippen LogP contribution in [0.25, 0.3) is 0 Å². The van der Waals surface area contributed by atoms with Gasteiger partial charge in [-0.25, -0.2) is 0 Å². The SMILES string of the molecule is CCCCCCCCCC(O)N(C)C. The smallest absolute Gasteiger partial charge is 0.106 e. The van der Waals surface area contributed by atoms with Crippen molar-refractivity contribution in [2.75, 3.05) is 14.1 Å². The zero-order valence-electron chi connectivity index (χ0n) is 10.1. The minimum atomic E-state index is -0.245. The molecular formula is C12H27NO. The quantitative estimate of drug-likeness (QED) is 0.458. The zero-order valence-corrected chi connectivity index (χ0v) is 10.1. The van der Waals surface area contributed by atoms with E-state index in [4.69, 9.17) is 0 Å². The summed E-state index contributed by atoms with van der Waals surface area (Å²) in [6, 6.07) is 0. The fraction of sp³-hybridized carbons (Fsp3) is 1.00. The molecule has 0 heterocycles. The van der Waals surface area contributed by atoms with E-state index < -0.39 is 0 Å². The van der Waals surface area contributed by atoms with E-state index in [-0.39, 0.29) is 6.23 Å². The number of aliphatic hydroxyl groups is 1. The highest BCUT2D eigenvalue weighted by Gasteiger charge is 2.04. The van der Waals surface area contributed by atoms with Crippen LogP contribution in [0, 0.1) is 0 Å². The molecule has 0 amide bonds. The van der Waals surface area contributed by atoms with E-state index in [1.54, 1.807) is 0 Å². The van der Waals surface area contributed by atoms with Crippen LogP contribution >= 0.6 is 0 Å². The second-order valence-electron chi connectivity index (χ2n) is 4.35. The van der Waals surface area contributed by atoms with Crippen molar-refractivity contribution in [3.05, 3.63) is 0 Å². The van der Waals surface area contributed by atoms with Crippen molar-refractivity contribution >= 4 is 0 Å². The maximum Gasteiger partial charge on any atom is 0.106 e. The van der Waals surface area contributed by atoms with Crippen LogP contribution in [0.1, 0.15) is 58.3 Å². The van der Waals surface area contributed by atoms with Gasteiger partial charge < -0.3 is 5.11 Å². The van der Waals surface area contributed by atoms with Gasteiger partial charge in [-0.2, -0.15) is 0 Å². The summed E-state index contributed by atoms with van der Waals surface area (Å²) in [6.07, 6.45) is 9.88. The van der Waals surface area contributed by atoms with Crippen LogP contribution in [0.15, 0.2) is 0 Å². The zero-order chi connectivity index (χ0) is 10.8. The van der Waals surface area contributed by atoms with Gasteiger partial charge in [0.05, 0.1) is 0 Å². The Labute approximate surface area is 89.3 Å². The van der Waals surface area contributed by atoms with Crippen LogP contribution in [0.4, 0.5) is 0 Å². The first kappa shape index (κ1) is 13.9. The van der Waals surface area contributed by atoms with Gasteiger partial charge in [0.15, 0.2) is 0 Å². The van der Waals surface area contributed by atoms with E-state index in [0.717, 1.165) is 12.8 Å². The van der Waals surface area contributed by atoms with Crippen molar-refractivity contribution in [3.8, 4) is 0 Å². The highest BCUT2D eigenvalue weighted by atomic mass is 16.3. The molecule has 0 saturated heterocycles. The molecule has 0 bridgehead atoms. The molecule has 0 aromatic rings. The van der Waals surface area contributed by atoms with Gasteiger partial charge in [0.1, 0.15) is 6.23 Å². The predicted molar refractivity (Wildman–Crippen MR) is 62.3 cm³/mol. The third-order valence-electron chi connectivity index (χ3n) is 2.66. The lowest BCUT2D eigenvalue weighted by atomic mass is 10.1. The normalized spacial score (nSPS) is 13.5. The molecule has 0 spiro atoms. The molecule has 1 N–H and O–H groups in total. The second-order valence-corrected chi connectivity index (χ2v) is 4.35. The molecule has 0 aliphatic rings. The van der Waals surface area contributed by atoms with Gasteiger partial charge in [0, 0.05) is 0 Å². The highest BCUT2D eigenvalue weighted by Crippen LogP contribution is 2.10. The van der Waals surface area contributed by atoms with Gasteiger partial charge in [-0.05, 0) is 26.9 Å². The van der Waals surface area contributed by atoms with Gasteiger partial charge in [0.2, 0.25) is 0 Å². The second kappa shape index (κ2) is 9.47. The molecular weight excluding hydrogens is 174 g/mol. The van der Waals surface area contributed by atoms with E-state index in [9.17, 15) is 5.11 Å². The first-order valence-electron chi connectivity index (χ1n) is 6.03. The lowest BCUT2D eigenvalue weighted by Crippen LogP contribution is -2.27. The molecule has 1 unspecified atom stereocenters. The Kier molecular flexibility index (Phi) is 9.42. The van der Waals surface area contributed by atoms with Gasteiger partial charge >= 0.3 is 0 Å². The van der Waals surface area contributed by atoms with Crippen molar-refractivity contribution in [3.63, 3.8) is 0 Å². The van der Waals surface area contributed by atoms with Crippen LogP contribution in [0.3, 0.4) is 0 Å². The number of hydrogen-bond donors (Lipinski definition) is 1. The Hall–Kier alpha value is -0.0800. The van der Waals surface area contributed by atoms with E-state index in [2.05, 4.69) is 6.92 Å². The van der Waals surface area contributed by atoms with Crippen molar-refractivity contribution in [1.82, 2.24) is 4.90 Å². The van der Waals surface area contributed by atoms with Gasteiger partial charge in [-0.15, -0.1) is 0 Å². The first-order valence-corrected chi connectivity index (χ1v) is 6.03. The van der Waals surface area contributed by atoms with E-state index in [1.165, 1.54) is 38.5 Å². The Balaban J connectivity index is 3.06. The standard InChI is InChI=1S/C12H27NO/c1-4-5-6-7-8-9-10-11-12(14)13(2)3/h12,14H,4-11H2,1-3H3. The molecule has 0 aromatic carbocycles. The minimum absolute atomic E-state index is 0.245. The van der Waals surface area contributed by atoms with Gasteiger partial charge in [-0.1, -0.05) is 45.4 Å². The lowest BCUT2D eigenvalue weighted by molar-refractivity contribution is 0.0313.